The molecule has 0 aliphatic carbocycles. The van der Waals surface area contributed by atoms with E-state index in [1.54, 1.807) is 26.2 Å². The number of para-hydroxylation sites is 2. The van der Waals surface area contributed by atoms with Crippen molar-refractivity contribution in [3.05, 3.63) is 204 Å². The average Bonchev–Trinajstić information content (AvgIpc) is 3.32. The summed E-state index contributed by atoms with van der Waals surface area (Å²) in [5.41, 5.74) is 11.5. The first-order valence-electron chi connectivity index (χ1n) is 22.0. The Morgan fingerprint density at radius 2 is 0.762 bits per heavy atom. The molecule has 0 aliphatic heterocycles. The van der Waals surface area contributed by atoms with Crippen LogP contribution >= 0.6 is 0 Å². The van der Waals surface area contributed by atoms with Gasteiger partial charge in [0.1, 0.15) is 17.3 Å². The van der Waals surface area contributed by atoms with Gasteiger partial charge in [-0.25, -0.2) is 4.79 Å². The zero-order valence-corrected chi connectivity index (χ0v) is 36.3. The number of ether oxygens (including phenoxy) is 3. The van der Waals surface area contributed by atoms with Crippen molar-refractivity contribution in [2.75, 3.05) is 23.5 Å². The Morgan fingerprint density at radius 3 is 1.16 bits per heavy atom. The van der Waals surface area contributed by atoms with Crippen LogP contribution in [0.5, 0.6) is 11.5 Å². The number of hydrogen-bond acceptors (Lipinski definition) is 7. The number of unbranched alkanes of at least 4 members (excludes halogenated alkanes) is 3. The lowest BCUT2D eigenvalue weighted by molar-refractivity contribution is -0.117. The van der Waals surface area contributed by atoms with Gasteiger partial charge in [-0.3, -0.25) is 0 Å². The summed E-state index contributed by atoms with van der Waals surface area (Å²) in [5.74, 6) is 1.47. The predicted octanol–water partition coefficient (Wildman–Crippen LogP) is 14.3. The number of ketones is 1. The molecule has 320 valence electrons. The maximum Gasteiger partial charge on any atom is 0.513 e. The van der Waals surface area contributed by atoms with Crippen LogP contribution in [0.4, 0.5) is 38.9 Å². The van der Waals surface area contributed by atoms with E-state index < -0.39 is 6.16 Å². The molecular weight excluding hydrogens is 781 g/mol. The van der Waals surface area contributed by atoms with Crippen molar-refractivity contribution in [1.29, 1.82) is 0 Å². The van der Waals surface area contributed by atoms with Gasteiger partial charge in [-0.05, 0) is 165 Å². The van der Waals surface area contributed by atoms with Crippen molar-refractivity contribution in [3.63, 3.8) is 0 Å². The van der Waals surface area contributed by atoms with Crippen LogP contribution in [0.3, 0.4) is 0 Å². The van der Waals surface area contributed by atoms with Gasteiger partial charge < -0.3 is 28.8 Å². The van der Waals surface area contributed by atoms with Gasteiger partial charge in [0.05, 0.1) is 13.7 Å². The minimum absolute atomic E-state index is 0.208. The van der Waals surface area contributed by atoms with Gasteiger partial charge >= 0.3 is 6.16 Å². The summed E-state index contributed by atoms with van der Waals surface area (Å²) < 4.78 is 16.1. The van der Waals surface area contributed by atoms with Crippen LogP contribution in [0, 0.1) is 0 Å². The topological polar surface area (TPSA) is 68.3 Å². The quantitative estimate of drug-likeness (QED) is 0.0406. The molecule has 7 rings (SSSR count). The first-order chi connectivity index (χ1) is 30.9. The maximum atomic E-state index is 12.3. The van der Waals surface area contributed by atoms with E-state index in [9.17, 15) is 9.59 Å². The molecule has 0 N–H and O–H groups in total. The van der Waals surface area contributed by atoms with E-state index in [1.165, 1.54) is 22.3 Å². The molecule has 0 unspecified atom stereocenters. The Balaban J connectivity index is 0.904. The Labute approximate surface area is 372 Å². The van der Waals surface area contributed by atoms with E-state index in [0.29, 0.717) is 18.8 Å². The normalized spacial score (nSPS) is 10.8. The molecule has 63 heavy (non-hydrogen) atoms. The summed E-state index contributed by atoms with van der Waals surface area (Å²) in [5, 5.41) is 0. The summed E-state index contributed by atoms with van der Waals surface area (Å²) in [6.07, 6.45) is 7.20. The molecule has 7 nitrogen and oxygen atoms in total. The minimum Gasteiger partial charge on any atom is -0.497 e. The second kappa shape index (κ2) is 22.6. The van der Waals surface area contributed by atoms with Crippen LogP contribution in [-0.2, 0) is 35.2 Å². The van der Waals surface area contributed by atoms with E-state index in [2.05, 4.69) is 131 Å². The molecule has 0 spiro atoms. The van der Waals surface area contributed by atoms with Gasteiger partial charge in [0, 0.05) is 40.5 Å². The predicted molar refractivity (Wildman–Crippen MR) is 256 cm³/mol. The number of nitrogens with zero attached hydrogens (tertiary/aromatic N) is 2. The first-order valence-corrected chi connectivity index (χ1v) is 22.0. The van der Waals surface area contributed by atoms with Gasteiger partial charge in [-0.2, -0.15) is 0 Å². The fraction of sp³-hybridized carbons (Fsp3) is 0.214. The Morgan fingerprint density at radius 1 is 0.413 bits per heavy atom. The zero-order chi connectivity index (χ0) is 43.6. The van der Waals surface area contributed by atoms with Crippen LogP contribution in [0.15, 0.2) is 182 Å². The standard InChI is InChI=1S/C56H56N2O5/c1-43(59)13-7-3-4-12-42-62-56(60)63-55-40-36-53(37-41-55)58(49-16-10-6-11-17-49)51-32-28-47(29-33-51)25-23-45-20-18-44(19-21-45)22-24-46-26-30-50(31-27-46)57(48-14-8-5-9-15-48)52-34-38-54(61-2)39-35-52/h5-6,8-11,14-21,26-41H,3-4,7,12-13,22-25,42H2,1-2H3. The van der Waals surface area contributed by atoms with Crippen molar-refractivity contribution in [2.45, 2.75) is 64.7 Å². The molecule has 7 aromatic carbocycles. The van der Waals surface area contributed by atoms with Gasteiger partial charge in [-0.15, -0.1) is 0 Å². The lowest BCUT2D eigenvalue weighted by Gasteiger charge is -2.25. The molecule has 0 aromatic heterocycles. The molecule has 0 amide bonds. The third-order valence-electron chi connectivity index (χ3n) is 11.1. The monoisotopic (exact) mass is 836 g/mol. The average molecular weight is 837 g/mol. The van der Waals surface area contributed by atoms with Crippen LogP contribution < -0.4 is 19.3 Å². The number of anilines is 6. The van der Waals surface area contributed by atoms with E-state index >= 15 is 0 Å². The number of hydrogen-bond donors (Lipinski definition) is 0. The van der Waals surface area contributed by atoms with Gasteiger partial charge in [0.25, 0.3) is 0 Å². The molecule has 0 saturated carbocycles. The molecule has 0 saturated heterocycles. The Bertz CT molecular complexity index is 2450. The van der Waals surface area contributed by atoms with Crippen molar-refractivity contribution >= 4 is 46.1 Å². The molecule has 0 bridgehead atoms. The van der Waals surface area contributed by atoms with Crippen LogP contribution in [0.2, 0.25) is 0 Å². The molecule has 7 aromatic rings. The van der Waals surface area contributed by atoms with E-state index in [1.807, 2.05) is 48.5 Å². The van der Waals surface area contributed by atoms with Crippen LogP contribution in [0.25, 0.3) is 0 Å². The summed E-state index contributed by atoms with van der Waals surface area (Å²) >= 11 is 0. The van der Waals surface area contributed by atoms with Gasteiger partial charge in [0.15, 0.2) is 0 Å². The third kappa shape index (κ3) is 12.9. The van der Waals surface area contributed by atoms with Crippen molar-refractivity contribution in [3.8, 4) is 11.5 Å². The van der Waals surface area contributed by atoms with Crippen molar-refractivity contribution < 1.29 is 23.8 Å². The number of carbonyl (C=O) groups is 2. The fourth-order valence-electron chi connectivity index (χ4n) is 7.63. The smallest absolute Gasteiger partial charge is 0.497 e. The summed E-state index contributed by atoms with van der Waals surface area (Å²) in [6, 6.07) is 63.1. The molecule has 0 radical (unpaired) electrons. The molecule has 0 heterocycles. The van der Waals surface area contributed by atoms with E-state index in [4.69, 9.17) is 14.2 Å². The number of benzene rings is 7. The SMILES string of the molecule is COc1ccc(N(c2ccccc2)c2ccc(CCc3ccc(CCc4ccc(N(c5ccccc5)c5ccc(OC(=O)OCCCCCCC(C)=O)cc5)cc4)cc3)cc2)cc1. The third-order valence-corrected chi connectivity index (χ3v) is 11.1. The van der Waals surface area contributed by atoms with E-state index in [0.717, 1.165) is 91.2 Å². The second-order valence-corrected chi connectivity index (χ2v) is 15.7. The number of rotatable bonds is 21. The molecule has 0 fully saturated rings. The van der Waals surface area contributed by atoms with Crippen LogP contribution in [0.1, 0.15) is 61.3 Å². The lowest BCUT2D eigenvalue weighted by Crippen LogP contribution is -2.12. The number of Topliss-reactive ketones (excluding diaryl/α,β-unsaturated/α-hetero) is 1. The van der Waals surface area contributed by atoms with Crippen molar-refractivity contribution in [2.24, 2.45) is 0 Å². The van der Waals surface area contributed by atoms with Gasteiger partial charge in [0.2, 0.25) is 0 Å². The number of methoxy groups -OCH3 is 1. The second-order valence-electron chi connectivity index (χ2n) is 15.7. The summed E-state index contributed by atoms with van der Waals surface area (Å²) in [7, 11) is 1.69. The zero-order valence-electron chi connectivity index (χ0n) is 36.3. The number of carbonyl (C=O) groups excluding carboxylic acids is 2. The summed E-state index contributed by atoms with van der Waals surface area (Å²) in [6.45, 7) is 1.90. The van der Waals surface area contributed by atoms with E-state index in [-0.39, 0.29) is 5.78 Å². The Kier molecular flexibility index (Phi) is 15.8. The maximum absolute atomic E-state index is 12.3. The highest BCUT2D eigenvalue weighted by atomic mass is 16.7. The molecule has 0 atom stereocenters. The molecular formula is C56H56N2O5. The van der Waals surface area contributed by atoms with Crippen molar-refractivity contribution in [1.82, 2.24) is 0 Å². The lowest BCUT2D eigenvalue weighted by atomic mass is 10.00. The molecule has 7 heteroatoms. The summed E-state index contributed by atoms with van der Waals surface area (Å²) in [4.78, 5) is 27.9. The van der Waals surface area contributed by atoms with Gasteiger partial charge in [-0.1, -0.05) is 97.8 Å². The first kappa shape index (κ1) is 44.0. The van der Waals surface area contributed by atoms with Crippen LogP contribution in [-0.4, -0.2) is 25.7 Å². The minimum atomic E-state index is -0.714. The largest absolute Gasteiger partial charge is 0.513 e. The molecule has 0 aliphatic rings. The fourth-order valence-corrected chi connectivity index (χ4v) is 7.63. The Hall–Kier alpha value is -7.12. The highest BCUT2D eigenvalue weighted by Gasteiger charge is 2.15. The highest BCUT2D eigenvalue weighted by Crippen LogP contribution is 2.37. The number of aryl methyl sites for hydroxylation is 4. The highest BCUT2D eigenvalue weighted by molar-refractivity contribution is 5.78.